The molecule has 3 rings (SSSR count). The third-order valence-corrected chi connectivity index (χ3v) is 3.30. The lowest BCUT2D eigenvalue weighted by Crippen LogP contribution is -2.24. The van der Waals surface area contributed by atoms with E-state index in [9.17, 15) is 4.79 Å². The van der Waals surface area contributed by atoms with Gasteiger partial charge < -0.3 is 9.88 Å². The van der Waals surface area contributed by atoms with Crippen LogP contribution < -0.4 is 5.32 Å². The van der Waals surface area contributed by atoms with Gasteiger partial charge in [-0.2, -0.15) is 5.10 Å². The van der Waals surface area contributed by atoms with Gasteiger partial charge in [-0.15, -0.1) is 0 Å². The maximum atomic E-state index is 11.7. The Labute approximate surface area is 116 Å². The summed E-state index contributed by atoms with van der Waals surface area (Å²) in [5, 5.41) is 10.5. The summed E-state index contributed by atoms with van der Waals surface area (Å²) in [7, 11) is 0. The highest BCUT2D eigenvalue weighted by Gasteiger charge is 2.05. The van der Waals surface area contributed by atoms with Crippen molar-refractivity contribution in [2.24, 2.45) is 0 Å². The van der Waals surface area contributed by atoms with Crippen LogP contribution in [-0.2, 0) is 6.54 Å². The number of benzene rings is 1. The number of nitrogens with zero attached hydrogens (tertiary/aromatic N) is 2. The second-order valence-electron chi connectivity index (χ2n) is 4.66. The van der Waals surface area contributed by atoms with Crippen molar-refractivity contribution < 1.29 is 4.79 Å². The number of aryl methyl sites for hydroxylation is 1. The minimum atomic E-state index is -0.0869. The number of carbonyl (C=O) groups is 1. The predicted octanol–water partition coefficient (Wildman–Crippen LogP) is 2.18. The number of aromatic amines is 1. The summed E-state index contributed by atoms with van der Waals surface area (Å²) in [5.74, 6) is -0.0869. The highest BCUT2D eigenvalue weighted by molar-refractivity contribution is 5.93. The smallest absolute Gasteiger partial charge is 0.254 e. The second kappa shape index (κ2) is 5.61. The minimum absolute atomic E-state index is 0.0869. The molecule has 0 saturated carbocycles. The van der Waals surface area contributed by atoms with E-state index in [0.717, 1.165) is 13.0 Å². The molecule has 0 unspecified atom stereocenters. The first kappa shape index (κ1) is 12.5. The Balaban J connectivity index is 1.52. The molecular formula is C15H16N4O. The monoisotopic (exact) mass is 268 g/mol. The Bertz CT molecular complexity index is 700. The maximum absolute atomic E-state index is 11.7. The molecule has 5 nitrogen and oxygen atoms in total. The van der Waals surface area contributed by atoms with E-state index in [4.69, 9.17) is 0 Å². The van der Waals surface area contributed by atoms with Gasteiger partial charge in [0, 0.05) is 31.0 Å². The van der Waals surface area contributed by atoms with Gasteiger partial charge in [0.2, 0.25) is 0 Å². The first-order valence-corrected chi connectivity index (χ1v) is 6.65. The molecule has 2 heterocycles. The lowest BCUT2D eigenvalue weighted by atomic mass is 10.2. The van der Waals surface area contributed by atoms with E-state index in [2.05, 4.69) is 44.5 Å². The topological polar surface area (TPSA) is 62.7 Å². The van der Waals surface area contributed by atoms with Crippen molar-refractivity contribution in [2.75, 3.05) is 6.54 Å². The summed E-state index contributed by atoms with van der Waals surface area (Å²) in [5.41, 5.74) is 1.80. The number of carbonyl (C=O) groups excluding carboxylic acids is 1. The van der Waals surface area contributed by atoms with Crippen molar-refractivity contribution in [3.8, 4) is 0 Å². The van der Waals surface area contributed by atoms with E-state index in [1.54, 1.807) is 6.20 Å². The van der Waals surface area contributed by atoms with Crippen molar-refractivity contribution in [3.63, 3.8) is 0 Å². The third-order valence-electron chi connectivity index (χ3n) is 3.30. The number of rotatable bonds is 5. The summed E-state index contributed by atoms with van der Waals surface area (Å²) in [6.07, 6.45) is 6.09. The highest BCUT2D eigenvalue weighted by Crippen LogP contribution is 2.15. The zero-order valence-electron chi connectivity index (χ0n) is 11.0. The van der Waals surface area contributed by atoms with Gasteiger partial charge in [0.1, 0.15) is 0 Å². The second-order valence-corrected chi connectivity index (χ2v) is 4.66. The van der Waals surface area contributed by atoms with Gasteiger partial charge in [-0.25, -0.2) is 0 Å². The van der Waals surface area contributed by atoms with Crippen LogP contribution in [0.5, 0.6) is 0 Å². The summed E-state index contributed by atoms with van der Waals surface area (Å²) in [6, 6.07) is 10.4. The van der Waals surface area contributed by atoms with Crippen LogP contribution in [0.1, 0.15) is 16.8 Å². The molecular weight excluding hydrogens is 252 g/mol. The fourth-order valence-electron chi connectivity index (χ4n) is 2.26. The standard InChI is InChI=1S/C15H16N4O/c20-15(13-10-17-18-11-13)16-7-3-8-19-9-6-12-4-1-2-5-14(12)19/h1-2,4-6,9-11H,3,7-8H2,(H,16,20)(H,17,18). The fraction of sp³-hybridized carbons (Fsp3) is 0.200. The van der Waals surface area contributed by atoms with Crippen molar-refractivity contribution in [3.05, 3.63) is 54.5 Å². The molecule has 102 valence electrons. The Morgan fingerprint density at radius 1 is 1.30 bits per heavy atom. The van der Waals surface area contributed by atoms with E-state index in [0.29, 0.717) is 12.1 Å². The van der Waals surface area contributed by atoms with Gasteiger partial charge in [-0.3, -0.25) is 9.89 Å². The number of nitrogens with one attached hydrogen (secondary N) is 2. The number of hydrogen-bond donors (Lipinski definition) is 2. The predicted molar refractivity (Wildman–Crippen MR) is 77.5 cm³/mol. The molecule has 0 saturated heterocycles. The van der Waals surface area contributed by atoms with Crippen LogP contribution in [0, 0.1) is 0 Å². The summed E-state index contributed by atoms with van der Waals surface area (Å²) in [6.45, 7) is 1.54. The van der Waals surface area contributed by atoms with Gasteiger partial charge in [-0.05, 0) is 23.9 Å². The molecule has 0 aliphatic rings. The summed E-state index contributed by atoms with van der Waals surface area (Å²) < 4.78 is 2.21. The van der Waals surface area contributed by atoms with Crippen LogP contribution in [0.3, 0.4) is 0 Å². The lowest BCUT2D eigenvalue weighted by molar-refractivity contribution is 0.0953. The number of para-hydroxylation sites is 1. The van der Waals surface area contributed by atoms with Crippen LogP contribution >= 0.6 is 0 Å². The number of aromatic nitrogens is 3. The molecule has 5 heteroatoms. The zero-order valence-corrected chi connectivity index (χ0v) is 11.0. The largest absolute Gasteiger partial charge is 0.352 e. The summed E-state index contributed by atoms with van der Waals surface area (Å²) in [4.78, 5) is 11.7. The molecule has 0 atom stereocenters. The van der Waals surface area contributed by atoms with E-state index < -0.39 is 0 Å². The first-order chi connectivity index (χ1) is 9.84. The van der Waals surface area contributed by atoms with E-state index in [1.165, 1.54) is 17.1 Å². The van der Waals surface area contributed by atoms with Gasteiger partial charge in [0.05, 0.1) is 11.8 Å². The molecule has 20 heavy (non-hydrogen) atoms. The Morgan fingerprint density at radius 2 is 2.20 bits per heavy atom. The van der Waals surface area contributed by atoms with Crippen molar-refractivity contribution in [2.45, 2.75) is 13.0 Å². The average Bonchev–Trinajstić information content (AvgIpc) is 3.13. The molecule has 0 fully saturated rings. The van der Waals surface area contributed by atoms with Crippen LogP contribution in [0.15, 0.2) is 48.9 Å². The van der Waals surface area contributed by atoms with Crippen LogP contribution in [0.25, 0.3) is 10.9 Å². The lowest BCUT2D eigenvalue weighted by Gasteiger charge is -2.06. The van der Waals surface area contributed by atoms with Crippen molar-refractivity contribution >= 4 is 16.8 Å². The van der Waals surface area contributed by atoms with E-state index >= 15 is 0 Å². The molecule has 2 aromatic heterocycles. The summed E-state index contributed by atoms with van der Waals surface area (Å²) >= 11 is 0. The number of amides is 1. The Kier molecular flexibility index (Phi) is 3.50. The molecule has 3 aromatic rings. The fourth-order valence-corrected chi connectivity index (χ4v) is 2.26. The van der Waals surface area contributed by atoms with E-state index in [1.807, 2.05) is 12.1 Å². The molecule has 1 aromatic carbocycles. The van der Waals surface area contributed by atoms with Gasteiger partial charge >= 0.3 is 0 Å². The van der Waals surface area contributed by atoms with Crippen LogP contribution in [0.4, 0.5) is 0 Å². The molecule has 0 bridgehead atoms. The molecule has 1 amide bonds. The molecule has 0 spiro atoms. The quantitative estimate of drug-likeness (QED) is 0.697. The SMILES string of the molecule is O=C(NCCCn1ccc2ccccc21)c1cn[nH]c1. The van der Waals surface area contributed by atoms with Gasteiger partial charge in [-0.1, -0.05) is 18.2 Å². The molecule has 0 aliphatic heterocycles. The highest BCUT2D eigenvalue weighted by atomic mass is 16.1. The van der Waals surface area contributed by atoms with Crippen molar-refractivity contribution in [1.29, 1.82) is 0 Å². The zero-order chi connectivity index (χ0) is 13.8. The normalized spacial score (nSPS) is 10.8. The number of hydrogen-bond acceptors (Lipinski definition) is 2. The van der Waals surface area contributed by atoms with Gasteiger partial charge in [0.15, 0.2) is 0 Å². The molecule has 0 aliphatic carbocycles. The Hall–Kier alpha value is -2.56. The van der Waals surface area contributed by atoms with Crippen LogP contribution in [0.2, 0.25) is 0 Å². The van der Waals surface area contributed by atoms with Crippen LogP contribution in [-0.4, -0.2) is 27.2 Å². The maximum Gasteiger partial charge on any atom is 0.254 e. The Morgan fingerprint density at radius 3 is 3.05 bits per heavy atom. The third kappa shape index (κ3) is 2.56. The van der Waals surface area contributed by atoms with Crippen molar-refractivity contribution in [1.82, 2.24) is 20.1 Å². The number of fused-ring (bicyclic) bond motifs is 1. The molecule has 0 radical (unpaired) electrons. The minimum Gasteiger partial charge on any atom is -0.352 e. The molecule has 2 N–H and O–H groups in total. The van der Waals surface area contributed by atoms with Gasteiger partial charge in [0.25, 0.3) is 5.91 Å². The first-order valence-electron chi connectivity index (χ1n) is 6.65. The van der Waals surface area contributed by atoms with E-state index in [-0.39, 0.29) is 5.91 Å². The number of H-pyrrole nitrogens is 1. The average molecular weight is 268 g/mol.